The molecule has 5 nitrogen and oxygen atoms in total. The molecule has 30 heavy (non-hydrogen) atoms. The summed E-state index contributed by atoms with van der Waals surface area (Å²) in [5.41, 5.74) is 2.21. The maximum atomic E-state index is 14.6. The molecule has 0 unspecified atom stereocenters. The van der Waals surface area contributed by atoms with E-state index in [0.717, 1.165) is 28.6 Å². The summed E-state index contributed by atoms with van der Waals surface area (Å²) in [6, 6.07) is 10.5. The van der Waals surface area contributed by atoms with Gasteiger partial charge in [-0.3, -0.25) is 0 Å². The SMILES string of the molecule is CN1CC[C@]23c4c5ccc(O)c4O[C@H]2c2nc4c(F)cccc4cc2C[C@@]3(O)[C@H]1C5. The standard InChI is InChI=1S/C24H21FN2O3/c1-27-8-7-23-18-12-5-6-16(28)21(18)30-22(23)20-14(11-24(23,29)17(27)10-12)9-13-3-2-4-15(25)19(13)26-20/h2-6,9,17,22,28-29H,7-8,10-11H2,1H3/t17-,22+,23+,24-/m1/s1. The number of hydrogen-bond acceptors (Lipinski definition) is 5. The molecule has 1 fully saturated rings. The lowest BCUT2D eigenvalue weighted by Gasteiger charge is -2.62. The Morgan fingerprint density at radius 3 is 2.97 bits per heavy atom. The summed E-state index contributed by atoms with van der Waals surface area (Å²) in [4.78, 5) is 6.99. The lowest BCUT2D eigenvalue weighted by molar-refractivity contribution is -0.167. The Morgan fingerprint density at radius 2 is 2.10 bits per heavy atom. The number of rotatable bonds is 0. The second-order valence-corrected chi connectivity index (χ2v) is 9.31. The van der Waals surface area contributed by atoms with Gasteiger partial charge in [0.05, 0.1) is 16.7 Å². The van der Waals surface area contributed by atoms with E-state index in [1.807, 2.05) is 18.2 Å². The number of hydrogen-bond donors (Lipinski definition) is 2. The van der Waals surface area contributed by atoms with Crippen molar-refractivity contribution in [1.29, 1.82) is 0 Å². The molecule has 3 aromatic rings. The molecule has 152 valence electrons. The van der Waals surface area contributed by atoms with E-state index >= 15 is 0 Å². The normalized spacial score (nSPS) is 33.2. The van der Waals surface area contributed by atoms with Gasteiger partial charge in [0.15, 0.2) is 17.6 Å². The van der Waals surface area contributed by atoms with Crippen LogP contribution in [0.25, 0.3) is 10.9 Å². The summed E-state index contributed by atoms with van der Waals surface area (Å²) in [6.07, 6.45) is 1.29. The van der Waals surface area contributed by atoms with Crippen LogP contribution in [-0.4, -0.2) is 45.3 Å². The molecule has 4 aliphatic rings. The molecule has 1 saturated heterocycles. The molecular weight excluding hydrogens is 383 g/mol. The highest BCUT2D eigenvalue weighted by Crippen LogP contribution is 2.68. The van der Waals surface area contributed by atoms with Gasteiger partial charge in [0, 0.05) is 23.4 Å². The number of benzene rings is 2. The molecule has 2 aliphatic carbocycles. The highest BCUT2D eigenvalue weighted by atomic mass is 19.1. The number of likely N-dealkylation sites (tertiary alicyclic amines) is 1. The van der Waals surface area contributed by atoms with Crippen molar-refractivity contribution in [2.45, 2.75) is 42.4 Å². The predicted octanol–water partition coefficient (Wildman–Crippen LogP) is 3.00. The third-order valence-corrected chi connectivity index (χ3v) is 8.10. The number of phenolic OH excluding ortho intramolecular Hbond substituents is 1. The van der Waals surface area contributed by atoms with E-state index in [0.29, 0.717) is 36.2 Å². The van der Waals surface area contributed by atoms with E-state index in [-0.39, 0.29) is 17.6 Å². The van der Waals surface area contributed by atoms with E-state index < -0.39 is 17.1 Å². The number of para-hydroxylation sites is 1. The minimum absolute atomic E-state index is 0.0586. The topological polar surface area (TPSA) is 65.8 Å². The van der Waals surface area contributed by atoms with Gasteiger partial charge in [-0.25, -0.2) is 9.37 Å². The molecule has 2 bridgehead atoms. The Bertz CT molecular complexity index is 1280. The van der Waals surface area contributed by atoms with Gasteiger partial charge in [-0.15, -0.1) is 0 Å². The van der Waals surface area contributed by atoms with Crippen molar-refractivity contribution < 1.29 is 19.3 Å². The second kappa shape index (κ2) is 5.13. The maximum Gasteiger partial charge on any atom is 0.166 e. The van der Waals surface area contributed by atoms with Crippen LogP contribution in [0.1, 0.15) is 34.9 Å². The zero-order chi connectivity index (χ0) is 20.4. The summed E-state index contributed by atoms with van der Waals surface area (Å²) in [5, 5.41) is 23.7. The average Bonchev–Trinajstić information content (AvgIpc) is 3.07. The summed E-state index contributed by atoms with van der Waals surface area (Å²) >= 11 is 0. The summed E-state index contributed by atoms with van der Waals surface area (Å²) in [7, 11) is 2.07. The molecule has 6 heteroatoms. The molecule has 3 heterocycles. The van der Waals surface area contributed by atoms with Crippen LogP contribution in [0.5, 0.6) is 11.5 Å². The Hall–Kier alpha value is -2.70. The first-order valence-electron chi connectivity index (χ1n) is 10.5. The van der Waals surface area contributed by atoms with Crippen LogP contribution < -0.4 is 4.74 Å². The van der Waals surface area contributed by atoms with Crippen molar-refractivity contribution in [2.24, 2.45) is 0 Å². The number of aromatic hydroxyl groups is 1. The molecule has 0 saturated carbocycles. The van der Waals surface area contributed by atoms with E-state index in [9.17, 15) is 14.6 Å². The van der Waals surface area contributed by atoms with Gasteiger partial charge in [0.1, 0.15) is 11.3 Å². The molecular formula is C24H21FN2O3. The van der Waals surface area contributed by atoms with Crippen molar-refractivity contribution in [2.75, 3.05) is 13.6 Å². The smallest absolute Gasteiger partial charge is 0.166 e. The van der Waals surface area contributed by atoms with Gasteiger partial charge >= 0.3 is 0 Å². The zero-order valence-electron chi connectivity index (χ0n) is 16.5. The number of phenols is 1. The van der Waals surface area contributed by atoms with Crippen LogP contribution in [0.4, 0.5) is 4.39 Å². The minimum atomic E-state index is -1.05. The van der Waals surface area contributed by atoms with Crippen LogP contribution in [0.15, 0.2) is 36.4 Å². The maximum absolute atomic E-state index is 14.6. The monoisotopic (exact) mass is 404 g/mol. The van der Waals surface area contributed by atoms with Gasteiger partial charge in [0.2, 0.25) is 0 Å². The molecule has 0 amide bonds. The van der Waals surface area contributed by atoms with Crippen molar-refractivity contribution >= 4 is 10.9 Å². The fourth-order valence-corrected chi connectivity index (χ4v) is 6.80. The number of piperidine rings is 1. The van der Waals surface area contributed by atoms with Crippen LogP contribution in [0.2, 0.25) is 0 Å². The van der Waals surface area contributed by atoms with Gasteiger partial charge < -0.3 is 19.8 Å². The molecule has 2 aromatic carbocycles. The highest BCUT2D eigenvalue weighted by molar-refractivity contribution is 5.81. The number of pyridine rings is 1. The average molecular weight is 404 g/mol. The van der Waals surface area contributed by atoms with Gasteiger partial charge in [-0.2, -0.15) is 0 Å². The Kier molecular flexibility index (Phi) is 2.91. The minimum Gasteiger partial charge on any atom is -0.504 e. The van der Waals surface area contributed by atoms with E-state index in [4.69, 9.17) is 9.72 Å². The first-order chi connectivity index (χ1) is 14.4. The number of aromatic nitrogens is 1. The largest absolute Gasteiger partial charge is 0.504 e. The number of nitrogens with zero attached hydrogens (tertiary/aromatic N) is 2. The van der Waals surface area contributed by atoms with Crippen LogP contribution in [-0.2, 0) is 18.3 Å². The molecule has 0 radical (unpaired) electrons. The third-order valence-electron chi connectivity index (χ3n) is 8.10. The first kappa shape index (κ1) is 17.0. The Labute approximate surface area is 172 Å². The van der Waals surface area contributed by atoms with Crippen LogP contribution in [0.3, 0.4) is 0 Å². The molecule has 7 rings (SSSR count). The van der Waals surface area contributed by atoms with Crippen molar-refractivity contribution in [1.82, 2.24) is 9.88 Å². The third kappa shape index (κ3) is 1.68. The van der Waals surface area contributed by atoms with Crippen LogP contribution in [0, 0.1) is 5.82 Å². The molecule has 2 aliphatic heterocycles. The van der Waals surface area contributed by atoms with Gasteiger partial charge in [-0.05, 0) is 55.8 Å². The van der Waals surface area contributed by atoms with E-state index in [1.165, 1.54) is 6.07 Å². The van der Waals surface area contributed by atoms with Crippen LogP contribution >= 0.6 is 0 Å². The molecule has 1 aromatic heterocycles. The quantitative estimate of drug-likeness (QED) is 0.603. The van der Waals surface area contributed by atoms with E-state index in [2.05, 4.69) is 11.9 Å². The summed E-state index contributed by atoms with van der Waals surface area (Å²) in [6.45, 7) is 0.818. The zero-order valence-corrected chi connectivity index (χ0v) is 16.5. The van der Waals surface area contributed by atoms with Gasteiger partial charge in [-0.1, -0.05) is 18.2 Å². The Balaban J connectivity index is 1.59. The fourth-order valence-electron chi connectivity index (χ4n) is 6.80. The van der Waals surface area contributed by atoms with Crippen molar-refractivity contribution in [3.63, 3.8) is 0 Å². The fraction of sp³-hybridized carbons (Fsp3) is 0.375. The summed E-state index contributed by atoms with van der Waals surface area (Å²) in [5.74, 6) is 0.186. The molecule has 2 N–H and O–H groups in total. The number of likely N-dealkylation sites (N-methyl/N-ethyl adjacent to an activating group) is 1. The van der Waals surface area contributed by atoms with Crippen molar-refractivity contribution in [3.05, 3.63) is 64.6 Å². The van der Waals surface area contributed by atoms with Gasteiger partial charge in [0.25, 0.3) is 0 Å². The highest BCUT2D eigenvalue weighted by Gasteiger charge is 2.72. The second-order valence-electron chi connectivity index (χ2n) is 9.31. The molecule has 1 spiro atoms. The first-order valence-corrected chi connectivity index (χ1v) is 10.5. The molecule has 4 atom stereocenters. The number of ether oxygens (including phenoxy) is 1. The lowest BCUT2D eigenvalue weighted by Crippen LogP contribution is -2.74. The van der Waals surface area contributed by atoms with E-state index in [1.54, 1.807) is 12.1 Å². The number of aliphatic hydroxyl groups is 1. The predicted molar refractivity (Wildman–Crippen MR) is 108 cm³/mol. The number of fused-ring (bicyclic) bond motifs is 3. The van der Waals surface area contributed by atoms with Crippen molar-refractivity contribution in [3.8, 4) is 11.5 Å². The Morgan fingerprint density at radius 1 is 1.23 bits per heavy atom. The number of halogens is 1. The summed E-state index contributed by atoms with van der Waals surface area (Å²) < 4.78 is 21.0. The lowest BCUT2D eigenvalue weighted by atomic mass is 9.49.